The quantitative estimate of drug-likeness (QED) is 0.737. The van der Waals surface area contributed by atoms with Gasteiger partial charge in [-0.3, -0.25) is 4.79 Å². The van der Waals surface area contributed by atoms with Crippen LogP contribution in [0, 0.1) is 6.92 Å². The molecule has 4 N–H and O–H groups in total. The van der Waals surface area contributed by atoms with Gasteiger partial charge in [-0.25, -0.2) is 0 Å². The first-order valence-corrected chi connectivity index (χ1v) is 6.43. The largest absolute Gasteiger partial charge is 0.368 e. The predicted octanol–water partition coefficient (Wildman–Crippen LogP) is 1.43. The van der Waals surface area contributed by atoms with Crippen LogP contribution in [0.15, 0.2) is 24.3 Å². The number of carbonyl (C=O) groups excluding carboxylic acids is 1. The fourth-order valence-corrected chi connectivity index (χ4v) is 2.32. The summed E-state index contributed by atoms with van der Waals surface area (Å²) < 4.78 is 0. The summed E-state index contributed by atoms with van der Waals surface area (Å²) in [5.41, 5.74) is 13.2. The van der Waals surface area contributed by atoms with E-state index in [9.17, 15) is 4.79 Å². The van der Waals surface area contributed by atoms with Gasteiger partial charge in [0.05, 0.1) is 6.04 Å². The standard InChI is InChI=1S/C12H18N2OS/c1-9-3-2-4-10(7-9)8-16-6-5-11(13)12(14)15/h2-4,7,11H,5-6,8,13H2,1H3,(H2,14,15). The van der Waals surface area contributed by atoms with Crippen molar-refractivity contribution in [2.24, 2.45) is 11.5 Å². The highest BCUT2D eigenvalue weighted by atomic mass is 32.2. The van der Waals surface area contributed by atoms with Gasteiger partial charge in [0.15, 0.2) is 0 Å². The van der Waals surface area contributed by atoms with E-state index in [1.165, 1.54) is 11.1 Å². The molecule has 0 aliphatic rings. The van der Waals surface area contributed by atoms with E-state index in [0.717, 1.165) is 11.5 Å². The van der Waals surface area contributed by atoms with Gasteiger partial charge in [-0.2, -0.15) is 11.8 Å². The van der Waals surface area contributed by atoms with Crippen molar-refractivity contribution in [2.45, 2.75) is 25.1 Å². The molecule has 16 heavy (non-hydrogen) atoms. The smallest absolute Gasteiger partial charge is 0.234 e. The Bertz CT molecular complexity index is 355. The lowest BCUT2D eigenvalue weighted by Gasteiger charge is -2.07. The summed E-state index contributed by atoms with van der Waals surface area (Å²) in [6.07, 6.45) is 0.645. The van der Waals surface area contributed by atoms with Crippen molar-refractivity contribution < 1.29 is 4.79 Å². The topological polar surface area (TPSA) is 69.1 Å². The molecule has 4 heteroatoms. The van der Waals surface area contributed by atoms with Crippen molar-refractivity contribution in [1.29, 1.82) is 0 Å². The Kier molecular flexibility index (Phi) is 5.35. The lowest BCUT2D eigenvalue weighted by molar-refractivity contribution is -0.119. The summed E-state index contributed by atoms with van der Waals surface area (Å²) in [7, 11) is 0. The van der Waals surface area contributed by atoms with Crippen LogP contribution in [0.2, 0.25) is 0 Å². The van der Waals surface area contributed by atoms with Gasteiger partial charge in [-0.1, -0.05) is 29.8 Å². The minimum Gasteiger partial charge on any atom is -0.368 e. The minimum atomic E-state index is -0.509. The third-order valence-corrected chi connectivity index (χ3v) is 3.35. The van der Waals surface area contributed by atoms with E-state index in [0.29, 0.717) is 6.42 Å². The molecule has 88 valence electrons. The third-order valence-electron chi connectivity index (χ3n) is 2.29. The fraction of sp³-hybridized carbons (Fsp3) is 0.417. The number of carbonyl (C=O) groups is 1. The maximum absolute atomic E-state index is 10.7. The third kappa shape index (κ3) is 4.68. The van der Waals surface area contributed by atoms with E-state index in [2.05, 4.69) is 31.2 Å². The van der Waals surface area contributed by atoms with E-state index >= 15 is 0 Å². The Balaban J connectivity index is 2.23. The Morgan fingerprint density at radius 2 is 2.25 bits per heavy atom. The number of thioether (sulfide) groups is 1. The molecule has 3 nitrogen and oxygen atoms in total. The Hall–Kier alpha value is -1.00. The van der Waals surface area contributed by atoms with Crippen LogP contribution < -0.4 is 11.5 Å². The molecule has 0 aliphatic heterocycles. The summed E-state index contributed by atoms with van der Waals surface area (Å²) in [6, 6.07) is 7.90. The molecular formula is C12H18N2OS. The highest BCUT2D eigenvalue weighted by Crippen LogP contribution is 2.14. The number of aryl methyl sites for hydroxylation is 1. The number of amides is 1. The summed E-state index contributed by atoms with van der Waals surface area (Å²) in [5, 5.41) is 0. The summed E-state index contributed by atoms with van der Waals surface area (Å²) >= 11 is 1.77. The highest BCUT2D eigenvalue weighted by Gasteiger charge is 2.07. The molecule has 1 atom stereocenters. The van der Waals surface area contributed by atoms with Gasteiger partial charge in [0.25, 0.3) is 0 Å². The van der Waals surface area contributed by atoms with E-state index in [1.54, 1.807) is 11.8 Å². The Labute approximate surface area is 101 Å². The van der Waals surface area contributed by atoms with Crippen LogP contribution in [0.5, 0.6) is 0 Å². The summed E-state index contributed by atoms with van der Waals surface area (Å²) in [4.78, 5) is 10.7. The summed E-state index contributed by atoms with van der Waals surface area (Å²) in [6.45, 7) is 2.08. The van der Waals surface area contributed by atoms with Crippen LogP contribution in [-0.4, -0.2) is 17.7 Å². The van der Waals surface area contributed by atoms with Gasteiger partial charge in [0.2, 0.25) is 5.91 Å². The number of hydrogen-bond acceptors (Lipinski definition) is 3. The van der Waals surface area contributed by atoms with Crippen molar-refractivity contribution in [1.82, 2.24) is 0 Å². The number of hydrogen-bond donors (Lipinski definition) is 2. The molecule has 0 saturated carbocycles. The second kappa shape index (κ2) is 6.55. The molecule has 0 fully saturated rings. The molecule has 0 aliphatic carbocycles. The first-order chi connectivity index (χ1) is 7.59. The van der Waals surface area contributed by atoms with Crippen LogP contribution in [0.3, 0.4) is 0 Å². The Morgan fingerprint density at radius 1 is 1.50 bits per heavy atom. The molecule has 0 aromatic heterocycles. The van der Waals surface area contributed by atoms with E-state index in [4.69, 9.17) is 11.5 Å². The lowest BCUT2D eigenvalue weighted by atomic mass is 10.2. The first-order valence-electron chi connectivity index (χ1n) is 5.28. The van der Waals surface area contributed by atoms with Gasteiger partial charge in [-0.05, 0) is 24.7 Å². The SMILES string of the molecule is Cc1cccc(CSCCC(N)C(N)=O)c1. The Morgan fingerprint density at radius 3 is 2.88 bits per heavy atom. The van der Waals surface area contributed by atoms with E-state index in [1.807, 2.05) is 0 Å². The second-order valence-corrected chi connectivity index (χ2v) is 4.94. The van der Waals surface area contributed by atoms with Gasteiger partial charge >= 0.3 is 0 Å². The summed E-state index contributed by atoms with van der Waals surface area (Å²) in [5.74, 6) is 1.39. The predicted molar refractivity (Wildman–Crippen MR) is 69.1 cm³/mol. The second-order valence-electron chi connectivity index (χ2n) is 3.84. The maximum atomic E-state index is 10.7. The monoisotopic (exact) mass is 238 g/mol. The van der Waals surface area contributed by atoms with E-state index in [-0.39, 0.29) is 0 Å². The van der Waals surface area contributed by atoms with Crippen molar-refractivity contribution in [3.8, 4) is 0 Å². The molecule has 1 aromatic rings. The molecule has 0 spiro atoms. The van der Waals surface area contributed by atoms with Crippen LogP contribution >= 0.6 is 11.8 Å². The molecule has 1 unspecified atom stereocenters. The zero-order valence-corrected chi connectivity index (χ0v) is 10.3. The number of benzene rings is 1. The van der Waals surface area contributed by atoms with Gasteiger partial charge in [0, 0.05) is 5.75 Å². The zero-order valence-electron chi connectivity index (χ0n) is 9.48. The van der Waals surface area contributed by atoms with Crippen LogP contribution in [0.25, 0.3) is 0 Å². The number of rotatable bonds is 6. The van der Waals surface area contributed by atoms with Gasteiger partial charge in [0.1, 0.15) is 0 Å². The highest BCUT2D eigenvalue weighted by molar-refractivity contribution is 7.98. The first kappa shape index (κ1) is 13.1. The van der Waals surface area contributed by atoms with Crippen molar-refractivity contribution in [2.75, 3.05) is 5.75 Å². The van der Waals surface area contributed by atoms with Crippen LogP contribution in [0.1, 0.15) is 17.5 Å². The molecule has 1 amide bonds. The normalized spacial score (nSPS) is 12.4. The molecule has 0 saturated heterocycles. The maximum Gasteiger partial charge on any atom is 0.234 e. The lowest BCUT2D eigenvalue weighted by Crippen LogP contribution is -2.36. The molecule has 1 aromatic carbocycles. The number of primary amides is 1. The van der Waals surface area contributed by atoms with Crippen molar-refractivity contribution in [3.63, 3.8) is 0 Å². The minimum absolute atomic E-state index is 0.420. The van der Waals surface area contributed by atoms with E-state index < -0.39 is 11.9 Å². The van der Waals surface area contributed by atoms with Gasteiger partial charge in [-0.15, -0.1) is 0 Å². The fourth-order valence-electron chi connectivity index (χ4n) is 1.34. The zero-order chi connectivity index (χ0) is 12.0. The number of nitrogens with two attached hydrogens (primary N) is 2. The van der Waals surface area contributed by atoms with Crippen molar-refractivity contribution >= 4 is 17.7 Å². The van der Waals surface area contributed by atoms with Crippen LogP contribution in [-0.2, 0) is 10.5 Å². The molecule has 0 heterocycles. The molecule has 1 rings (SSSR count). The van der Waals surface area contributed by atoms with Gasteiger partial charge < -0.3 is 11.5 Å². The average molecular weight is 238 g/mol. The molecular weight excluding hydrogens is 220 g/mol. The van der Waals surface area contributed by atoms with Crippen molar-refractivity contribution in [3.05, 3.63) is 35.4 Å². The molecule has 0 bridgehead atoms. The average Bonchev–Trinajstić information content (AvgIpc) is 2.24. The molecule has 0 radical (unpaired) electrons. The van der Waals surface area contributed by atoms with Crippen LogP contribution in [0.4, 0.5) is 0 Å².